The number of ether oxygens (including phenoxy) is 1. The fourth-order valence-corrected chi connectivity index (χ4v) is 1.80. The van der Waals surface area contributed by atoms with E-state index in [9.17, 15) is 4.79 Å². The lowest BCUT2D eigenvalue weighted by molar-refractivity contribution is 0.102. The number of aryl methyl sites for hydroxylation is 1. The maximum absolute atomic E-state index is 12.1. The highest BCUT2D eigenvalue weighted by Crippen LogP contribution is 2.28. The third-order valence-corrected chi connectivity index (χ3v) is 2.86. The molecule has 0 aliphatic rings. The van der Waals surface area contributed by atoms with E-state index in [-0.39, 0.29) is 5.91 Å². The van der Waals surface area contributed by atoms with E-state index in [2.05, 4.69) is 10.4 Å². The predicted octanol–water partition coefficient (Wildman–Crippen LogP) is 2.82. The van der Waals surface area contributed by atoms with Crippen LogP contribution in [0.25, 0.3) is 0 Å². The molecule has 0 unspecified atom stereocenters. The minimum atomic E-state index is -0.250. The topological polar surface area (TPSA) is 56.2 Å². The molecule has 0 bridgehead atoms. The molecule has 0 spiro atoms. The molecular formula is C13H14ClN3O2. The first kappa shape index (κ1) is 13.4. The Hall–Kier alpha value is -2.01. The summed E-state index contributed by atoms with van der Waals surface area (Å²) in [6, 6.07) is 5.04. The lowest BCUT2D eigenvalue weighted by Crippen LogP contribution is -2.12. The lowest BCUT2D eigenvalue weighted by atomic mass is 10.2. The van der Waals surface area contributed by atoms with Crippen LogP contribution in [0.4, 0.5) is 5.69 Å². The largest absolute Gasteiger partial charge is 0.495 e. The molecule has 5 nitrogen and oxygen atoms in total. The number of aromatic nitrogens is 2. The van der Waals surface area contributed by atoms with Gasteiger partial charge in [-0.25, -0.2) is 0 Å². The van der Waals surface area contributed by atoms with Gasteiger partial charge in [-0.15, -0.1) is 0 Å². The Labute approximate surface area is 116 Å². The summed E-state index contributed by atoms with van der Waals surface area (Å²) in [6.07, 6.45) is 3.21. The second-order valence-corrected chi connectivity index (χ2v) is 4.32. The van der Waals surface area contributed by atoms with E-state index >= 15 is 0 Å². The van der Waals surface area contributed by atoms with Crippen LogP contribution in [0.3, 0.4) is 0 Å². The standard InChI is InChI=1S/C13H14ClN3O2/c1-3-17-8-9(7-15-17)13(18)16-11-6-10(14)4-5-12(11)19-2/h4-8H,3H2,1-2H3,(H,16,18). The van der Waals surface area contributed by atoms with Gasteiger partial charge < -0.3 is 10.1 Å². The molecule has 1 aromatic carbocycles. The van der Waals surface area contributed by atoms with Crippen LogP contribution in [0.1, 0.15) is 17.3 Å². The van der Waals surface area contributed by atoms with E-state index < -0.39 is 0 Å². The first-order chi connectivity index (χ1) is 9.13. The summed E-state index contributed by atoms with van der Waals surface area (Å²) in [4.78, 5) is 12.1. The summed E-state index contributed by atoms with van der Waals surface area (Å²) in [5, 5.41) is 7.34. The van der Waals surface area contributed by atoms with Crippen LogP contribution in [0.5, 0.6) is 5.75 Å². The molecular weight excluding hydrogens is 266 g/mol. The molecule has 1 heterocycles. The number of halogens is 1. The lowest BCUT2D eigenvalue weighted by Gasteiger charge is -2.09. The second kappa shape index (κ2) is 5.75. The highest BCUT2D eigenvalue weighted by Gasteiger charge is 2.12. The van der Waals surface area contributed by atoms with E-state index in [0.29, 0.717) is 28.6 Å². The highest BCUT2D eigenvalue weighted by atomic mass is 35.5. The van der Waals surface area contributed by atoms with Gasteiger partial charge in [0.05, 0.1) is 24.6 Å². The molecule has 6 heteroatoms. The van der Waals surface area contributed by atoms with Crippen molar-refractivity contribution in [2.24, 2.45) is 0 Å². The van der Waals surface area contributed by atoms with Crippen molar-refractivity contribution in [3.63, 3.8) is 0 Å². The monoisotopic (exact) mass is 279 g/mol. The van der Waals surface area contributed by atoms with Crippen LogP contribution in [0, 0.1) is 0 Å². The molecule has 0 fully saturated rings. The maximum atomic E-state index is 12.1. The van der Waals surface area contributed by atoms with Gasteiger partial charge in [0.1, 0.15) is 5.75 Å². The van der Waals surface area contributed by atoms with Gasteiger partial charge in [0, 0.05) is 17.8 Å². The van der Waals surface area contributed by atoms with Gasteiger partial charge in [0.2, 0.25) is 0 Å². The smallest absolute Gasteiger partial charge is 0.258 e. The third kappa shape index (κ3) is 3.06. The number of anilines is 1. The fraction of sp³-hybridized carbons (Fsp3) is 0.231. The number of methoxy groups -OCH3 is 1. The van der Waals surface area contributed by atoms with Crippen LogP contribution >= 0.6 is 11.6 Å². The Kier molecular flexibility index (Phi) is 4.06. The molecule has 0 aliphatic carbocycles. The Balaban J connectivity index is 2.20. The second-order valence-electron chi connectivity index (χ2n) is 3.88. The number of amides is 1. The molecule has 2 aromatic rings. The zero-order valence-corrected chi connectivity index (χ0v) is 11.4. The Morgan fingerprint density at radius 2 is 2.32 bits per heavy atom. The summed E-state index contributed by atoms with van der Waals surface area (Å²) in [7, 11) is 1.54. The Morgan fingerprint density at radius 3 is 2.95 bits per heavy atom. The molecule has 2 rings (SSSR count). The normalized spacial score (nSPS) is 10.3. The average Bonchev–Trinajstić information content (AvgIpc) is 2.88. The van der Waals surface area contributed by atoms with Gasteiger partial charge in [-0.3, -0.25) is 9.48 Å². The molecule has 0 saturated carbocycles. The molecule has 1 N–H and O–H groups in total. The number of rotatable bonds is 4. The van der Waals surface area contributed by atoms with Crippen molar-refractivity contribution in [3.05, 3.63) is 41.2 Å². The molecule has 1 aromatic heterocycles. The number of hydrogen-bond acceptors (Lipinski definition) is 3. The van der Waals surface area contributed by atoms with Crippen molar-refractivity contribution in [1.29, 1.82) is 0 Å². The SMILES string of the molecule is CCn1cc(C(=O)Nc2cc(Cl)ccc2OC)cn1. The summed E-state index contributed by atoms with van der Waals surface area (Å²) in [5.74, 6) is 0.306. The number of nitrogens with one attached hydrogen (secondary N) is 1. The Morgan fingerprint density at radius 1 is 1.53 bits per heavy atom. The highest BCUT2D eigenvalue weighted by molar-refractivity contribution is 6.31. The molecule has 1 amide bonds. The van der Waals surface area contributed by atoms with Crippen molar-refractivity contribution >= 4 is 23.2 Å². The van der Waals surface area contributed by atoms with Crippen molar-refractivity contribution in [3.8, 4) is 5.75 Å². The van der Waals surface area contributed by atoms with Crippen molar-refractivity contribution in [2.45, 2.75) is 13.5 Å². The molecule has 19 heavy (non-hydrogen) atoms. The quantitative estimate of drug-likeness (QED) is 0.936. The summed E-state index contributed by atoms with van der Waals surface area (Å²) in [5.41, 5.74) is 1.02. The molecule has 0 radical (unpaired) electrons. The first-order valence-corrected chi connectivity index (χ1v) is 6.19. The van der Waals surface area contributed by atoms with Gasteiger partial charge in [-0.1, -0.05) is 11.6 Å². The van der Waals surface area contributed by atoms with Crippen LogP contribution in [0.2, 0.25) is 5.02 Å². The zero-order valence-electron chi connectivity index (χ0n) is 10.7. The molecule has 0 saturated heterocycles. The minimum absolute atomic E-state index is 0.250. The van der Waals surface area contributed by atoms with Crippen LogP contribution in [0.15, 0.2) is 30.6 Å². The van der Waals surface area contributed by atoms with Gasteiger partial charge in [0.15, 0.2) is 0 Å². The van der Waals surface area contributed by atoms with Gasteiger partial charge in [-0.2, -0.15) is 5.10 Å². The van der Waals surface area contributed by atoms with E-state index in [4.69, 9.17) is 16.3 Å². The van der Waals surface area contributed by atoms with Crippen LogP contribution in [-0.2, 0) is 6.54 Å². The molecule has 100 valence electrons. The summed E-state index contributed by atoms with van der Waals surface area (Å²) >= 11 is 5.91. The van der Waals surface area contributed by atoms with E-state index in [1.807, 2.05) is 6.92 Å². The number of benzene rings is 1. The zero-order chi connectivity index (χ0) is 13.8. The molecule has 0 atom stereocenters. The van der Waals surface area contributed by atoms with Crippen LogP contribution in [-0.4, -0.2) is 22.8 Å². The van der Waals surface area contributed by atoms with Gasteiger partial charge >= 0.3 is 0 Å². The number of hydrogen-bond donors (Lipinski definition) is 1. The van der Waals surface area contributed by atoms with Crippen molar-refractivity contribution in [2.75, 3.05) is 12.4 Å². The van der Waals surface area contributed by atoms with Crippen LogP contribution < -0.4 is 10.1 Å². The first-order valence-electron chi connectivity index (χ1n) is 5.81. The van der Waals surface area contributed by atoms with Gasteiger partial charge in [0.25, 0.3) is 5.91 Å². The summed E-state index contributed by atoms with van der Waals surface area (Å²) in [6.45, 7) is 2.67. The Bertz CT molecular complexity index is 595. The number of nitrogens with zero attached hydrogens (tertiary/aromatic N) is 2. The molecule has 0 aliphatic heterocycles. The predicted molar refractivity (Wildman–Crippen MR) is 73.9 cm³/mol. The van der Waals surface area contributed by atoms with E-state index in [1.165, 1.54) is 13.3 Å². The van der Waals surface area contributed by atoms with Crippen molar-refractivity contribution < 1.29 is 9.53 Å². The number of carbonyl (C=O) groups excluding carboxylic acids is 1. The van der Waals surface area contributed by atoms with E-state index in [1.54, 1.807) is 29.1 Å². The minimum Gasteiger partial charge on any atom is -0.495 e. The summed E-state index contributed by atoms with van der Waals surface area (Å²) < 4.78 is 6.85. The van der Waals surface area contributed by atoms with Gasteiger partial charge in [-0.05, 0) is 25.1 Å². The third-order valence-electron chi connectivity index (χ3n) is 2.63. The number of carbonyl (C=O) groups is 1. The van der Waals surface area contributed by atoms with E-state index in [0.717, 1.165) is 0 Å². The average molecular weight is 280 g/mol. The fourth-order valence-electron chi connectivity index (χ4n) is 1.63. The maximum Gasteiger partial charge on any atom is 0.258 e. The van der Waals surface area contributed by atoms with Crippen molar-refractivity contribution in [1.82, 2.24) is 9.78 Å².